The number of piperidine rings is 1. The Kier molecular flexibility index (Phi) is 7.86. The highest BCUT2D eigenvalue weighted by Gasteiger charge is 2.28. The molecular weight excluding hydrogens is 439 g/mol. The van der Waals surface area contributed by atoms with Gasteiger partial charge in [0.25, 0.3) is 0 Å². The number of aliphatic imine (C=N–C) groups is 1. The first-order valence-electron chi connectivity index (χ1n) is 9.10. The van der Waals surface area contributed by atoms with Crippen molar-refractivity contribution in [1.82, 2.24) is 24.8 Å². The fraction of sp³-hybridized carbons (Fsp3) is 0.526. The first kappa shape index (κ1) is 20.7. The summed E-state index contributed by atoms with van der Waals surface area (Å²) in [5.41, 5.74) is 2.04. The predicted molar refractivity (Wildman–Crippen MR) is 116 cm³/mol. The molecule has 2 aromatic heterocycles. The van der Waals surface area contributed by atoms with Gasteiger partial charge in [-0.05, 0) is 38.3 Å². The molecule has 6 nitrogen and oxygen atoms in total. The van der Waals surface area contributed by atoms with E-state index >= 15 is 0 Å². The van der Waals surface area contributed by atoms with E-state index in [1.54, 1.807) is 0 Å². The van der Waals surface area contributed by atoms with E-state index in [1.165, 1.54) is 0 Å². The molecule has 0 aliphatic carbocycles. The van der Waals surface area contributed by atoms with Gasteiger partial charge in [0.2, 0.25) is 0 Å². The third kappa shape index (κ3) is 5.18. The molecule has 1 saturated heterocycles. The third-order valence-corrected chi connectivity index (χ3v) is 4.80. The zero-order valence-electron chi connectivity index (χ0n) is 15.8. The first-order valence-corrected chi connectivity index (χ1v) is 9.10. The number of aryl methyl sites for hydroxylation is 1. The summed E-state index contributed by atoms with van der Waals surface area (Å²) < 4.78 is 2.22. The molecule has 0 bridgehead atoms. The van der Waals surface area contributed by atoms with Gasteiger partial charge in [0.1, 0.15) is 0 Å². The quantitative estimate of drug-likeness (QED) is 0.425. The minimum Gasteiger partial charge on any atom is -0.357 e. The molecule has 26 heavy (non-hydrogen) atoms. The van der Waals surface area contributed by atoms with Gasteiger partial charge in [0.05, 0.1) is 24.6 Å². The van der Waals surface area contributed by atoms with E-state index in [1.807, 2.05) is 37.6 Å². The molecule has 1 aliphatic heterocycles. The summed E-state index contributed by atoms with van der Waals surface area (Å²) in [6.45, 7) is 9.89. The lowest BCUT2D eigenvalue weighted by atomic mass is 9.93. The minimum atomic E-state index is 0. The minimum absolute atomic E-state index is 0. The van der Waals surface area contributed by atoms with Crippen LogP contribution in [0.4, 0.5) is 0 Å². The molecule has 7 heteroatoms. The molecule has 0 spiro atoms. The Morgan fingerprint density at radius 1 is 1.38 bits per heavy atom. The molecule has 142 valence electrons. The van der Waals surface area contributed by atoms with Crippen molar-refractivity contribution >= 4 is 29.9 Å². The van der Waals surface area contributed by atoms with Crippen LogP contribution in [0.25, 0.3) is 0 Å². The second-order valence-electron chi connectivity index (χ2n) is 6.73. The van der Waals surface area contributed by atoms with E-state index in [0.29, 0.717) is 18.5 Å². The highest BCUT2D eigenvalue weighted by Crippen LogP contribution is 2.27. The van der Waals surface area contributed by atoms with E-state index in [4.69, 9.17) is 4.99 Å². The van der Waals surface area contributed by atoms with Crippen molar-refractivity contribution in [2.75, 3.05) is 19.6 Å². The highest BCUT2D eigenvalue weighted by molar-refractivity contribution is 14.0. The lowest BCUT2D eigenvalue weighted by Gasteiger charge is -2.39. The maximum atomic E-state index is 4.83. The van der Waals surface area contributed by atoms with Crippen LogP contribution in [0.1, 0.15) is 37.7 Å². The molecular formula is C19H29IN6. The molecule has 1 fully saturated rings. The van der Waals surface area contributed by atoms with Gasteiger partial charge in [-0.1, -0.05) is 13.0 Å². The molecule has 2 atom stereocenters. The van der Waals surface area contributed by atoms with Crippen molar-refractivity contribution < 1.29 is 0 Å². The number of pyridine rings is 1. The van der Waals surface area contributed by atoms with Crippen LogP contribution < -0.4 is 5.32 Å². The Labute approximate surface area is 173 Å². The monoisotopic (exact) mass is 468 g/mol. The third-order valence-electron chi connectivity index (χ3n) is 4.80. The smallest absolute Gasteiger partial charge is 0.194 e. The molecule has 0 amide bonds. The highest BCUT2D eigenvalue weighted by atomic mass is 127. The summed E-state index contributed by atoms with van der Waals surface area (Å²) in [4.78, 5) is 16.0. The van der Waals surface area contributed by atoms with Gasteiger partial charge in [0, 0.05) is 37.7 Å². The van der Waals surface area contributed by atoms with Gasteiger partial charge in [-0.15, -0.1) is 24.0 Å². The van der Waals surface area contributed by atoms with Crippen LogP contribution >= 0.6 is 24.0 Å². The maximum absolute atomic E-state index is 4.83. The normalized spacial score (nSPS) is 20.6. The molecule has 3 rings (SSSR count). The van der Waals surface area contributed by atoms with Crippen molar-refractivity contribution in [2.24, 2.45) is 10.9 Å². The van der Waals surface area contributed by atoms with Gasteiger partial charge in [0.15, 0.2) is 5.96 Å². The predicted octanol–water partition coefficient (Wildman–Crippen LogP) is 3.25. The second-order valence-corrected chi connectivity index (χ2v) is 6.73. The Hall–Kier alpha value is -1.64. The van der Waals surface area contributed by atoms with Crippen LogP contribution in [-0.2, 0) is 6.54 Å². The first-order chi connectivity index (χ1) is 12.2. The van der Waals surface area contributed by atoms with E-state index in [2.05, 4.69) is 44.8 Å². The maximum Gasteiger partial charge on any atom is 0.194 e. The summed E-state index contributed by atoms with van der Waals surface area (Å²) in [5.74, 6) is 1.61. The van der Waals surface area contributed by atoms with Crippen molar-refractivity contribution in [3.63, 3.8) is 0 Å². The van der Waals surface area contributed by atoms with Gasteiger partial charge < -0.3 is 14.8 Å². The van der Waals surface area contributed by atoms with Crippen LogP contribution in [0.3, 0.4) is 0 Å². The van der Waals surface area contributed by atoms with Crippen molar-refractivity contribution in [2.45, 2.75) is 39.8 Å². The van der Waals surface area contributed by atoms with Gasteiger partial charge in [-0.25, -0.2) is 9.98 Å². The van der Waals surface area contributed by atoms with Gasteiger partial charge in [-0.2, -0.15) is 0 Å². The van der Waals surface area contributed by atoms with E-state index in [0.717, 1.165) is 43.4 Å². The van der Waals surface area contributed by atoms with Crippen molar-refractivity contribution in [3.05, 3.63) is 48.3 Å². The summed E-state index contributed by atoms with van der Waals surface area (Å²) in [5, 5.41) is 3.44. The number of aromatic nitrogens is 3. The number of nitrogens with one attached hydrogen (secondary N) is 1. The number of guanidine groups is 1. The molecule has 0 radical (unpaired) electrons. The zero-order valence-corrected chi connectivity index (χ0v) is 18.1. The summed E-state index contributed by atoms with van der Waals surface area (Å²) in [6.07, 6.45) is 6.99. The van der Waals surface area contributed by atoms with Crippen LogP contribution in [0.2, 0.25) is 0 Å². The number of rotatable bonds is 4. The molecule has 1 aliphatic rings. The molecule has 1 N–H and O–H groups in total. The zero-order chi connectivity index (χ0) is 17.6. The topological polar surface area (TPSA) is 58.3 Å². The average molecular weight is 468 g/mol. The van der Waals surface area contributed by atoms with Gasteiger partial charge >= 0.3 is 0 Å². The Morgan fingerprint density at radius 2 is 2.23 bits per heavy atom. The molecule has 0 saturated carbocycles. The number of hydrogen-bond donors (Lipinski definition) is 1. The Bertz CT molecular complexity index is 700. The van der Waals surface area contributed by atoms with Gasteiger partial charge in [-0.3, -0.25) is 4.98 Å². The van der Waals surface area contributed by atoms with Crippen LogP contribution in [0.5, 0.6) is 0 Å². The van der Waals surface area contributed by atoms with Crippen molar-refractivity contribution in [3.8, 4) is 0 Å². The lowest BCUT2D eigenvalue weighted by Crippen LogP contribution is -2.49. The SMILES string of the molecule is CCNC(=NCc1cccc(C)n1)N1CCC(C)C(n2ccnc2)C1.I. The summed E-state index contributed by atoms with van der Waals surface area (Å²) in [7, 11) is 0. The average Bonchev–Trinajstić information content (AvgIpc) is 3.14. The molecule has 0 aromatic carbocycles. The second kappa shape index (κ2) is 9.89. The van der Waals surface area contributed by atoms with Crippen molar-refractivity contribution in [1.29, 1.82) is 0 Å². The largest absolute Gasteiger partial charge is 0.357 e. The number of likely N-dealkylation sites (tertiary alicyclic amines) is 1. The fourth-order valence-electron chi connectivity index (χ4n) is 3.36. The fourth-order valence-corrected chi connectivity index (χ4v) is 3.36. The number of nitrogens with zero attached hydrogens (tertiary/aromatic N) is 5. The molecule has 2 unspecified atom stereocenters. The van der Waals surface area contributed by atoms with E-state index in [-0.39, 0.29) is 24.0 Å². The number of halogens is 1. The van der Waals surface area contributed by atoms with E-state index < -0.39 is 0 Å². The number of imidazole rings is 1. The molecule has 2 aromatic rings. The summed E-state index contributed by atoms with van der Waals surface area (Å²) in [6, 6.07) is 6.52. The Balaban J connectivity index is 0.00000243. The Morgan fingerprint density at radius 3 is 2.92 bits per heavy atom. The number of hydrogen-bond acceptors (Lipinski definition) is 3. The lowest BCUT2D eigenvalue weighted by molar-refractivity contribution is 0.189. The van der Waals surface area contributed by atoms with Crippen LogP contribution in [0.15, 0.2) is 41.9 Å². The standard InChI is InChI=1S/C19H28N6.HI/c1-4-21-19(22-12-17-7-5-6-16(3)23-17)24-10-8-15(2)18(13-24)25-11-9-20-14-25;/h5-7,9,11,14-15,18H,4,8,10,12-13H2,1-3H3,(H,21,22);1H. The van der Waals surface area contributed by atoms with Crippen LogP contribution in [0, 0.1) is 12.8 Å². The van der Waals surface area contributed by atoms with Crippen LogP contribution in [-0.4, -0.2) is 45.0 Å². The van der Waals surface area contributed by atoms with E-state index in [9.17, 15) is 0 Å². The summed E-state index contributed by atoms with van der Waals surface area (Å²) >= 11 is 0. The molecule has 3 heterocycles.